The van der Waals surface area contributed by atoms with Crippen LogP contribution in [0.3, 0.4) is 0 Å². The van der Waals surface area contributed by atoms with Gasteiger partial charge in [-0.15, -0.1) is 0 Å². The topological polar surface area (TPSA) is 129 Å². The number of rotatable bonds is 4. The van der Waals surface area contributed by atoms with E-state index in [1.54, 1.807) is 23.0 Å². The summed E-state index contributed by atoms with van der Waals surface area (Å²) in [5, 5.41) is 4.38. The molecule has 0 aliphatic carbocycles. The Bertz CT molecular complexity index is 1340. The van der Waals surface area contributed by atoms with Gasteiger partial charge in [0.1, 0.15) is 11.3 Å². The van der Waals surface area contributed by atoms with E-state index in [1.807, 2.05) is 23.7 Å². The van der Waals surface area contributed by atoms with Crippen molar-refractivity contribution in [3.63, 3.8) is 0 Å². The molecule has 3 heterocycles. The second-order valence-electron chi connectivity index (χ2n) is 7.78. The molecule has 0 unspecified atom stereocenters. The molecule has 4 rings (SSSR count). The lowest BCUT2D eigenvalue weighted by atomic mass is 10.1. The molecule has 11 heteroatoms. The number of pyridine rings is 1. The van der Waals surface area contributed by atoms with Gasteiger partial charge in [-0.1, -0.05) is 13.8 Å². The molecule has 170 valence electrons. The molecule has 0 amide bonds. The summed E-state index contributed by atoms with van der Waals surface area (Å²) in [5.41, 5.74) is 11.0. The Morgan fingerprint density at radius 3 is 2.34 bits per heavy atom. The average molecular weight is 461 g/mol. The number of nitrogens with zero attached hydrogens (tertiary/aromatic N) is 5. The number of fused-ring (bicyclic) bond motifs is 1. The van der Waals surface area contributed by atoms with Crippen molar-refractivity contribution in [1.29, 1.82) is 0 Å². The highest BCUT2D eigenvalue weighted by Crippen LogP contribution is 2.32. The maximum atomic E-state index is 13.3. The highest BCUT2D eigenvalue weighted by Gasteiger charge is 2.17. The molecule has 32 heavy (non-hydrogen) atoms. The highest BCUT2D eigenvalue weighted by molar-refractivity contribution is 7.85. The first-order chi connectivity index (χ1) is 14.9. The zero-order valence-electron chi connectivity index (χ0n) is 18.2. The molecule has 9 nitrogen and oxygen atoms in total. The summed E-state index contributed by atoms with van der Waals surface area (Å²) in [6, 6.07) is 10.2. The number of benzene rings is 1. The first-order valence-corrected chi connectivity index (χ1v) is 11.6. The van der Waals surface area contributed by atoms with Gasteiger partial charge in [-0.2, -0.15) is 13.5 Å². The van der Waals surface area contributed by atoms with E-state index in [0.717, 1.165) is 40.2 Å². The molecule has 0 saturated heterocycles. The molecule has 0 fully saturated rings. The van der Waals surface area contributed by atoms with Gasteiger partial charge in [-0.05, 0) is 42.3 Å². The SMILES string of the molecule is CC(C)Cn1c(N)nc2ccc(-c3cnn(C)c3-c3ccc(F)cc3)nc21.CS(=O)(=O)O. The Hall–Kier alpha value is -3.31. The molecule has 0 spiro atoms. The van der Waals surface area contributed by atoms with Crippen molar-refractivity contribution in [2.24, 2.45) is 13.0 Å². The Kier molecular flexibility index (Phi) is 6.60. The van der Waals surface area contributed by atoms with Crippen LogP contribution in [0.25, 0.3) is 33.7 Å². The van der Waals surface area contributed by atoms with Gasteiger partial charge >= 0.3 is 0 Å². The minimum atomic E-state index is -3.67. The predicted octanol–water partition coefficient (Wildman–Crippen LogP) is 3.38. The molecular weight excluding hydrogens is 435 g/mol. The van der Waals surface area contributed by atoms with Gasteiger partial charge in [0.15, 0.2) is 5.65 Å². The van der Waals surface area contributed by atoms with Crippen molar-refractivity contribution in [2.45, 2.75) is 20.4 Å². The number of anilines is 1. The molecule has 3 N–H and O–H groups in total. The van der Waals surface area contributed by atoms with Crippen LogP contribution >= 0.6 is 0 Å². The second-order valence-corrected chi connectivity index (χ2v) is 9.25. The van der Waals surface area contributed by atoms with Crippen molar-refractivity contribution < 1.29 is 17.4 Å². The number of nitrogen functional groups attached to an aromatic ring is 1. The van der Waals surface area contributed by atoms with Crippen molar-refractivity contribution in [1.82, 2.24) is 24.3 Å². The number of nitrogens with two attached hydrogens (primary N) is 1. The van der Waals surface area contributed by atoms with Crippen LogP contribution in [0.2, 0.25) is 0 Å². The Balaban J connectivity index is 0.000000523. The van der Waals surface area contributed by atoms with Crippen LogP contribution in [-0.2, 0) is 23.7 Å². The maximum absolute atomic E-state index is 13.3. The number of aryl methyl sites for hydroxylation is 1. The van der Waals surface area contributed by atoms with E-state index in [0.29, 0.717) is 18.1 Å². The molecule has 0 aliphatic rings. The van der Waals surface area contributed by atoms with Crippen LogP contribution in [0, 0.1) is 11.7 Å². The van der Waals surface area contributed by atoms with Gasteiger partial charge in [0.05, 0.1) is 23.8 Å². The number of hydrogen-bond acceptors (Lipinski definition) is 6. The Morgan fingerprint density at radius 1 is 1.12 bits per heavy atom. The molecule has 0 saturated carbocycles. The highest BCUT2D eigenvalue weighted by atomic mass is 32.2. The van der Waals surface area contributed by atoms with E-state index in [-0.39, 0.29) is 5.82 Å². The standard InChI is InChI=1S/C20H21FN6.CH4O3S/c1-12(2)11-27-19-17(25-20(27)22)9-8-16(24-19)15-10-23-26(3)18(15)13-4-6-14(21)7-5-13;1-5(2,3)4/h4-10,12H,11H2,1-3H3,(H2,22,25);1H3,(H,2,3,4). The summed E-state index contributed by atoms with van der Waals surface area (Å²) in [5.74, 6) is 0.617. The van der Waals surface area contributed by atoms with Crippen LogP contribution < -0.4 is 5.73 Å². The van der Waals surface area contributed by atoms with E-state index in [2.05, 4.69) is 23.9 Å². The third-order valence-corrected chi connectivity index (χ3v) is 4.50. The maximum Gasteiger partial charge on any atom is 0.261 e. The Morgan fingerprint density at radius 2 is 1.75 bits per heavy atom. The Labute approximate surface area is 185 Å². The molecular formula is C21H25FN6O3S. The summed E-state index contributed by atoms with van der Waals surface area (Å²) in [6.07, 6.45) is 2.49. The lowest BCUT2D eigenvalue weighted by Crippen LogP contribution is -2.08. The average Bonchev–Trinajstić information content (AvgIpc) is 3.21. The molecule has 0 bridgehead atoms. The van der Waals surface area contributed by atoms with Crippen LogP contribution in [0.4, 0.5) is 10.3 Å². The first kappa shape index (κ1) is 23.4. The van der Waals surface area contributed by atoms with Gasteiger partial charge in [-0.25, -0.2) is 14.4 Å². The monoisotopic (exact) mass is 460 g/mol. The van der Waals surface area contributed by atoms with Crippen molar-refractivity contribution in [2.75, 3.05) is 12.0 Å². The van der Waals surface area contributed by atoms with Gasteiger partial charge in [0, 0.05) is 24.7 Å². The van der Waals surface area contributed by atoms with Crippen LogP contribution in [0.1, 0.15) is 13.8 Å². The smallest absolute Gasteiger partial charge is 0.261 e. The molecule has 1 aromatic carbocycles. The fourth-order valence-corrected chi connectivity index (χ4v) is 3.29. The van der Waals surface area contributed by atoms with E-state index >= 15 is 0 Å². The lowest BCUT2D eigenvalue weighted by Gasteiger charge is -2.10. The normalized spacial score (nSPS) is 11.6. The van der Waals surface area contributed by atoms with Crippen LogP contribution in [-0.4, -0.2) is 43.5 Å². The minimum Gasteiger partial charge on any atom is -0.369 e. The van der Waals surface area contributed by atoms with Crippen molar-refractivity contribution in [3.05, 3.63) is 48.4 Å². The number of hydrogen-bond donors (Lipinski definition) is 2. The summed E-state index contributed by atoms with van der Waals surface area (Å²) in [4.78, 5) is 9.24. The van der Waals surface area contributed by atoms with E-state index in [4.69, 9.17) is 15.3 Å². The zero-order chi connectivity index (χ0) is 23.6. The number of halogens is 1. The summed E-state index contributed by atoms with van der Waals surface area (Å²) < 4.78 is 42.9. The molecule has 0 radical (unpaired) electrons. The third-order valence-electron chi connectivity index (χ3n) is 4.50. The third kappa shape index (κ3) is 5.48. The predicted molar refractivity (Wildman–Crippen MR) is 122 cm³/mol. The lowest BCUT2D eigenvalue weighted by molar-refractivity contribution is 0.490. The largest absolute Gasteiger partial charge is 0.369 e. The van der Waals surface area contributed by atoms with E-state index in [1.165, 1.54) is 12.1 Å². The molecule has 0 aliphatic heterocycles. The second kappa shape index (κ2) is 9.05. The molecule has 0 atom stereocenters. The summed E-state index contributed by atoms with van der Waals surface area (Å²) in [6.45, 7) is 5.00. The first-order valence-electron chi connectivity index (χ1n) is 9.77. The fourth-order valence-electron chi connectivity index (χ4n) is 3.29. The van der Waals surface area contributed by atoms with Crippen molar-refractivity contribution >= 4 is 27.2 Å². The van der Waals surface area contributed by atoms with Crippen LogP contribution in [0.15, 0.2) is 42.6 Å². The summed E-state index contributed by atoms with van der Waals surface area (Å²) >= 11 is 0. The van der Waals surface area contributed by atoms with Gasteiger partial charge in [0.2, 0.25) is 5.95 Å². The van der Waals surface area contributed by atoms with E-state index < -0.39 is 10.1 Å². The zero-order valence-corrected chi connectivity index (χ0v) is 19.0. The van der Waals surface area contributed by atoms with Crippen molar-refractivity contribution in [3.8, 4) is 22.5 Å². The van der Waals surface area contributed by atoms with Gasteiger partial charge < -0.3 is 5.73 Å². The number of aromatic nitrogens is 5. The van der Waals surface area contributed by atoms with E-state index in [9.17, 15) is 12.8 Å². The number of imidazole rings is 1. The summed E-state index contributed by atoms with van der Waals surface area (Å²) in [7, 11) is -1.80. The molecule has 3 aromatic heterocycles. The molecule has 4 aromatic rings. The van der Waals surface area contributed by atoms with Gasteiger partial charge in [-0.3, -0.25) is 13.8 Å². The van der Waals surface area contributed by atoms with Gasteiger partial charge in [0.25, 0.3) is 10.1 Å². The van der Waals surface area contributed by atoms with Crippen LogP contribution in [0.5, 0.6) is 0 Å². The quantitative estimate of drug-likeness (QED) is 0.447. The minimum absolute atomic E-state index is 0.268. The fraction of sp³-hybridized carbons (Fsp3) is 0.286.